The Labute approximate surface area is 128 Å². The van der Waals surface area contributed by atoms with Crippen molar-refractivity contribution in [2.75, 3.05) is 23.0 Å². The Kier molecular flexibility index (Phi) is 5.19. The highest BCUT2D eigenvalue weighted by molar-refractivity contribution is 5.89. The lowest BCUT2D eigenvalue weighted by molar-refractivity contribution is 0.168. The highest BCUT2D eigenvalue weighted by atomic mass is 19.1. The number of carbonyl (C=O) groups is 1. The number of nitrogen functional groups attached to an aromatic ring is 1. The van der Waals surface area contributed by atoms with Gasteiger partial charge in [-0.25, -0.2) is 9.18 Å². The second kappa shape index (κ2) is 7.31. The molecule has 1 amide bonds. The van der Waals surface area contributed by atoms with E-state index in [1.807, 2.05) is 0 Å². The van der Waals surface area contributed by atoms with Crippen molar-refractivity contribution in [3.05, 3.63) is 53.8 Å². The molecule has 4 N–H and O–H groups in total. The highest BCUT2D eigenvalue weighted by Crippen LogP contribution is 2.23. The first kappa shape index (κ1) is 15.6. The summed E-state index contributed by atoms with van der Waals surface area (Å²) in [6.45, 7) is 2.35. The van der Waals surface area contributed by atoms with Gasteiger partial charge in [-0.3, -0.25) is 5.32 Å². The van der Waals surface area contributed by atoms with Crippen LogP contribution in [0.3, 0.4) is 0 Å². The van der Waals surface area contributed by atoms with Crippen LogP contribution in [0.1, 0.15) is 12.5 Å². The molecule has 116 valence electrons. The van der Waals surface area contributed by atoms with Crippen molar-refractivity contribution in [2.24, 2.45) is 0 Å². The van der Waals surface area contributed by atoms with Gasteiger partial charge in [0.15, 0.2) is 0 Å². The Balaban J connectivity index is 2.00. The van der Waals surface area contributed by atoms with Crippen LogP contribution in [0.5, 0.6) is 0 Å². The molecule has 22 heavy (non-hydrogen) atoms. The topological polar surface area (TPSA) is 76.4 Å². The SMILES string of the molecule is CCOC(=O)Nc1ccc(NCc2ccccc2F)cc1N. The van der Waals surface area contributed by atoms with Gasteiger partial charge in [0.2, 0.25) is 0 Å². The van der Waals surface area contributed by atoms with Gasteiger partial charge >= 0.3 is 6.09 Å². The summed E-state index contributed by atoms with van der Waals surface area (Å²) in [7, 11) is 0. The quantitative estimate of drug-likeness (QED) is 0.738. The molecule has 0 aliphatic heterocycles. The fraction of sp³-hybridized carbons (Fsp3) is 0.188. The van der Waals surface area contributed by atoms with Gasteiger partial charge in [0.25, 0.3) is 0 Å². The van der Waals surface area contributed by atoms with E-state index >= 15 is 0 Å². The van der Waals surface area contributed by atoms with Gasteiger partial charge in [-0.2, -0.15) is 0 Å². The predicted octanol–water partition coefficient (Wildman–Crippen LogP) is 3.59. The Morgan fingerprint density at radius 3 is 2.73 bits per heavy atom. The van der Waals surface area contributed by atoms with Crippen LogP contribution in [0.2, 0.25) is 0 Å². The zero-order valence-electron chi connectivity index (χ0n) is 12.2. The lowest BCUT2D eigenvalue weighted by atomic mass is 10.2. The van der Waals surface area contributed by atoms with E-state index in [-0.39, 0.29) is 12.4 Å². The normalized spacial score (nSPS) is 10.1. The number of benzene rings is 2. The summed E-state index contributed by atoms with van der Waals surface area (Å²) < 4.78 is 18.3. The molecular weight excluding hydrogens is 285 g/mol. The van der Waals surface area contributed by atoms with Crippen LogP contribution in [0, 0.1) is 5.82 Å². The summed E-state index contributed by atoms with van der Waals surface area (Å²) in [6, 6.07) is 11.6. The molecule has 2 aromatic rings. The van der Waals surface area contributed by atoms with Crippen LogP contribution in [0.25, 0.3) is 0 Å². The Morgan fingerprint density at radius 1 is 1.27 bits per heavy atom. The third kappa shape index (κ3) is 4.12. The molecule has 0 radical (unpaired) electrons. The molecule has 0 aliphatic rings. The number of amides is 1. The molecule has 0 aromatic heterocycles. The van der Waals surface area contributed by atoms with Crippen molar-refractivity contribution in [1.29, 1.82) is 0 Å². The number of nitrogens with one attached hydrogen (secondary N) is 2. The van der Waals surface area contributed by atoms with Crippen LogP contribution in [0.15, 0.2) is 42.5 Å². The maximum absolute atomic E-state index is 13.5. The second-order valence-corrected chi connectivity index (χ2v) is 4.59. The molecule has 2 rings (SSSR count). The Hall–Kier alpha value is -2.76. The lowest BCUT2D eigenvalue weighted by Gasteiger charge is -2.11. The molecule has 0 saturated heterocycles. The van der Waals surface area contributed by atoms with Crippen LogP contribution in [0.4, 0.5) is 26.2 Å². The lowest BCUT2D eigenvalue weighted by Crippen LogP contribution is -2.14. The van der Waals surface area contributed by atoms with Crippen molar-refractivity contribution in [1.82, 2.24) is 0 Å². The van der Waals surface area contributed by atoms with E-state index in [1.54, 1.807) is 43.3 Å². The largest absolute Gasteiger partial charge is 0.450 e. The summed E-state index contributed by atoms with van der Waals surface area (Å²) >= 11 is 0. The summed E-state index contributed by atoms with van der Waals surface area (Å²) in [5.41, 5.74) is 8.04. The van der Waals surface area contributed by atoms with Crippen molar-refractivity contribution >= 4 is 23.2 Å². The standard InChI is InChI=1S/C16H18FN3O2/c1-2-22-16(21)20-15-8-7-12(9-14(15)18)19-10-11-5-3-4-6-13(11)17/h3-9,19H,2,10,18H2,1H3,(H,20,21). The number of carbonyl (C=O) groups excluding carboxylic acids is 1. The Morgan fingerprint density at radius 2 is 2.05 bits per heavy atom. The van der Waals surface area contributed by atoms with Crippen molar-refractivity contribution in [2.45, 2.75) is 13.5 Å². The van der Waals surface area contributed by atoms with Gasteiger partial charge in [0.1, 0.15) is 5.82 Å². The van der Waals surface area contributed by atoms with Gasteiger partial charge < -0.3 is 15.8 Å². The number of nitrogens with two attached hydrogens (primary N) is 1. The maximum Gasteiger partial charge on any atom is 0.411 e. The molecular formula is C16H18FN3O2. The highest BCUT2D eigenvalue weighted by Gasteiger charge is 2.06. The van der Waals surface area contributed by atoms with Crippen molar-refractivity contribution in [3.63, 3.8) is 0 Å². The van der Waals surface area contributed by atoms with E-state index in [0.717, 1.165) is 5.69 Å². The molecule has 2 aromatic carbocycles. The Bertz CT molecular complexity index is 662. The van der Waals surface area contributed by atoms with Gasteiger partial charge in [0.05, 0.1) is 18.0 Å². The van der Waals surface area contributed by atoms with E-state index in [9.17, 15) is 9.18 Å². The summed E-state index contributed by atoms with van der Waals surface area (Å²) in [5.74, 6) is -0.261. The first-order valence-electron chi connectivity index (χ1n) is 6.90. The number of rotatable bonds is 5. The summed E-state index contributed by atoms with van der Waals surface area (Å²) in [4.78, 5) is 11.4. The zero-order valence-corrected chi connectivity index (χ0v) is 12.2. The third-order valence-corrected chi connectivity index (χ3v) is 3.00. The predicted molar refractivity (Wildman–Crippen MR) is 85.2 cm³/mol. The summed E-state index contributed by atoms with van der Waals surface area (Å²) in [6.07, 6.45) is -0.554. The van der Waals surface area contributed by atoms with E-state index in [0.29, 0.717) is 23.5 Å². The van der Waals surface area contributed by atoms with Gasteiger partial charge in [0, 0.05) is 17.8 Å². The van der Waals surface area contributed by atoms with E-state index in [1.165, 1.54) is 6.07 Å². The number of halogens is 1. The van der Waals surface area contributed by atoms with Gasteiger partial charge in [-0.15, -0.1) is 0 Å². The fourth-order valence-corrected chi connectivity index (χ4v) is 1.90. The van der Waals surface area contributed by atoms with Crippen molar-refractivity contribution < 1.29 is 13.9 Å². The maximum atomic E-state index is 13.5. The minimum atomic E-state index is -0.554. The first-order valence-corrected chi connectivity index (χ1v) is 6.90. The molecule has 6 heteroatoms. The average molecular weight is 303 g/mol. The van der Waals surface area contributed by atoms with E-state index in [2.05, 4.69) is 10.6 Å². The van der Waals surface area contributed by atoms with Gasteiger partial charge in [-0.1, -0.05) is 18.2 Å². The third-order valence-electron chi connectivity index (χ3n) is 3.00. The van der Waals surface area contributed by atoms with Crippen LogP contribution < -0.4 is 16.4 Å². The molecule has 0 aliphatic carbocycles. The molecule has 0 heterocycles. The minimum Gasteiger partial charge on any atom is -0.450 e. The number of ether oxygens (including phenoxy) is 1. The van der Waals surface area contributed by atoms with Crippen LogP contribution in [-0.2, 0) is 11.3 Å². The van der Waals surface area contributed by atoms with E-state index < -0.39 is 6.09 Å². The monoisotopic (exact) mass is 303 g/mol. The number of hydrogen-bond acceptors (Lipinski definition) is 4. The van der Waals surface area contributed by atoms with Crippen LogP contribution in [-0.4, -0.2) is 12.7 Å². The molecule has 0 atom stereocenters. The molecule has 0 spiro atoms. The molecule has 0 bridgehead atoms. The smallest absolute Gasteiger partial charge is 0.411 e. The fourth-order valence-electron chi connectivity index (χ4n) is 1.90. The number of anilines is 3. The first-order chi connectivity index (χ1) is 10.6. The minimum absolute atomic E-state index is 0.261. The zero-order chi connectivity index (χ0) is 15.9. The molecule has 0 saturated carbocycles. The second-order valence-electron chi connectivity index (χ2n) is 4.59. The average Bonchev–Trinajstić information content (AvgIpc) is 2.49. The van der Waals surface area contributed by atoms with Crippen molar-refractivity contribution in [3.8, 4) is 0 Å². The molecule has 0 fully saturated rings. The summed E-state index contributed by atoms with van der Waals surface area (Å²) in [5, 5.41) is 5.63. The molecule has 0 unspecified atom stereocenters. The van der Waals surface area contributed by atoms with Gasteiger partial charge in [-0.05, 0) is 31.2 Å². The van der Waals surface area contributed by atoms with E-state index in [4.69, 9.17) is 10.5 Å². The molecule has 5 nitrogen and oxygen atoms in total. The number of hydrogen-bond donors (Lipinski definition) is 3. The van der Waals surface area contributed by atoms with Crippen LogP contribution >= 0.6 is 0 Å².